The molecule has 1 aliphatic heterocycles. The summed E-state index contributed by atoms with van der Waals surface area (Å²) in [6.07, 6.45) is 0. The van der Waals surface area contributed by atoms with Crippen LogP contribution in [0.4, 0.5) is 0 Å². The number of carbonyl (C=O) groups excluding carboxylic acids is 1. The van der Waals surface area contributed by atoms with Gasteiger partial charge in [0.1, 0.15) is 0 Å². The first-order valence-corrected chi connectivity index (χ1v) is 7.13. The minimum atomic E-state index is 0.175. The highest BCUT2D eigenvalue weighted by molar-refractivity contribution is 5.96. The molecule has 4 nitrogen and oxygen atoms in total. The third-order valence-corrected chi connectivity index (χ3v) is 3.99. The van der Waals surface area contributed by atoms with E-state index in [2.05, 4.69) is 37.6 Å². The fourth-order valence-corrected chi connectivity index (χ4v) is 3.09. The molecule has 106 valence electrons. The zero-order valence-corrected chi connectivity index (χ0v) is 12.7. The predicted molar refractivity (Wildman–Crippen MR) is 77.7 cm³/mol. The third kappa shape index (κ3) is 2.54. The van der Waals surface area contributed by atoms with E-state index < -0.39 is 0 Å². The number of hydrogen-bond acceptors (Lipinski definition) is 2. The van der Waals surface area contributed by atoms with Gasteiger partial charge >= 0.3 is 0 Å². The smallest absolute Gasteiger partial charge is 0.256 e. The van der Waals surface area contributed by atoms with E-state index in [0.29, 0.717) is 6.04 Å². The molecule has 0 saturated carbocycles. The second kappa shape index (κ2) is 5.37. The van der Waals surface area contributed by atoms with E-state index in [0.717, 1.165) is 30.9 Å². The van der Waals surface area contributed by atoms with E-state index in [1.807, 2.05) is 17.9 Å². The molecule has 0 unspecified atom stereocenters. The summed E-state index contributed by atoms with van der Waals surface area (Å²) in [6, 6.07) is 2.69. The number of piperazine rings is 1. The number of nitrogens with one attached hydrogen (secondary N) is 1. The Balaban J connectivity index is 2.31. The molecule has 1 aliphatic rings. The molecule has 1 atom stereocenters. The molecular formula is C15H25N3O. The average molecular weight is 263 g/mol. The number of aryl methyl sites for hydroxylation is 1. The van der Waals surface area contributed by atoms with Crippen LogP contribution in [0.25, 0.3) is 0 Å². The molecule has 2 rings (SSSR count). The molecule has 0 aromatic carbocycles. The summed E-state index contributed by atoms with van der Waals surface area (Å²) in [5.74, 6) is 0.175. The molecule has 0 aliphatic carbocycles. The second-order valence-corrected chi connectivity index (χ2v) is 5.80. The van der Waals surface area contributed by atoms with Crippen molar-refractivity contribution >= 4 is 5.91 Å². The van der Waals surface area contributed by atoms with Crippen LogP contribution in [0.5, 0.6) is 0 Å². The zero-order valence-electron chi connectivity index (χ0n) is 12.7. The van der Waals surface area contributed by atoms with Gasteiger partial charge < -0.3 is 14.8 Å². The van der Waals surface area contributed by atoms with E-state index in [4.69, 9.17) is 0 Å². The SMILES string of the molecule is Cc1cc(C(=O)N2CCNC[C@H]2C)c(C)n1C(C)C. The Labute approximate surface area is 115 Å². The maximum atomic E-state index is 12.7. The predicted octanol–water partition coefficient (Wildman–Crippen LogP) is 2.12. The Morgan fingerprint density at radius 2 is 2.11 bits per heavy atom. The fraction of sp³-hybridized carbons (Fsp3) is 0.667. The second-order valence-electron chi connectivity index (χ2n) is 5.80. The summed E-state index contributed by atoms with van der Waals surface area (Å²) in [5, 5.41) is 3.32. The number of rotatable bonds is 2. The standard InChI is InChI=1S/C15H25N3O/c1-10(2)18-11(3)8-14(13(18)5)15(19)17-7-6-16-9-12(17)4/h8,10,12,16H,6-7,9H2,1-5H3/t12-/m1/s1. The molecule has 2 heterocycles. The molecule has 1 saturated heterocycles. The Bertz CT molecular complexity index is 476. The van der Waals surface area contributed by atoms with Crippen LogP contribution in [-0.2, 0) is 0 Å². The van der Waals surface area contributed by atoms with Crippen molar-refractivity contribution in [2.75, 3.05) is 19.6 Å². The molecule has 1 aromatic rings. The summed E-state index contributed by atoms with van der Waals surface area (Å²) in [4.78, 5) is 14.7. The molecule has 4 heteroatoms. The summed E-state index contributed by atoms with van der Waals surface area (Å²) >= 11 is 0. The van der Waals surface area contributed by atoms with Crippen LogP contribution in [0.15, 0.2) is 6.07 Å². The van der Waals surface area contributed by atoms with Gasteiger partial charge in [0.2, 0.25) is 0 Å². The van der Waals surface area contributed by atoms with Crippen molar-refractivity contribution in [3.05, 3.63) is 23.0 Å². The molecule has 0 bridgehead atoms. The minimum absolute atomic E-state index is 0.175. The van der Waals surface area contributed by atoms with Crippen LogP contribution in [0.2, 0.25) is 0 Å². The number of nitrogens with zero attached hydrogens (tertiary/aromatic N) is 2. The Hall–Kier alpha value is -1.29. The summed E-state index contributed by atoms with van der Waals surface area (Å²) in [6.45, 7) is 13.1. The van der Waals surface area contributed by atoms with Gasteiger partial charge in [0.25, 0.3) is 5.91 Å². The van der Waals surface area contributed by atoms with Crippen LogP contribution < -0.4 is 5.32 Å². The lowest BCUT2D eigenvalue weighted by Gasteiger charge is -2.34. The highest BCUT2D eigenvalue weighted by Gasteiger charge is 2.27. The van der Waals surface area contributed by atoms with Crippen molar-refractivity contribution in [3.8, 4) is 0 Å². The van der Waals surface area contributed by atoms with Gasteiger partial charge in [-0.15, -0.1) is 0 Å². The first kappa shape index (κ1) is 14.1. The Kier molecular flexibility index (Phi) is 3.99. The van der Waals surface area contributed by atoms with Crippen molar-refractivity contribution in [3.63, 3.8) is 0 Å². The maximum Gasteiger partial charge on any atom is 0.256 e. The molecular weight excluding hydrogens is 238 g/mol. The minimum Gasteiger partial charge on any atom is -0.346 e. The van der Waals surface area contributed by atoms with Gasteiger partial charge in [-0.05, 0) is 40.7 Å². The van der Waals surface area contributed by atoms with E-state index in [1.54, 1.807) is 0 Å². The number of carbonyl (C=O) groups is 1. The van der Waals surface area contributed by atoms with Gasteiger partial charge in [0.15, 0.2) is 0 Å². The number of amides is 1. The van der Waals surface area contributed by atoms with Crippen LogP contribution in [0, 0.1) is 13.8 Å². The normalized spacial score (nSPS) is 20.1. The zero-order chi connectivity index (χ0) is 14.2. The molecule has 1 N–H and O–H groups in total. The highest BCUT2D eigenvalue weighted by Crippen LogP contribution is 2.22. The van der Waals surface area contributed by atoms with Gasteiger partial charge in [-0.1, -0.05) is 0 Å². The van der Waals surface area contributed by atoms with Crippen molar-refractivity contribution < 1.29 is 4.79 Å². The quantitative estimate of drug-likeness (QED) is 0.887. The van der Waals surface area contributed by atoms with Crippen LogP contribution >= 0.6 is 0 Å². The van der Waals surface area contributed by atoms with Crippen molar-refractivity contribution in [1.82, 2.24) is 14.8 Å². The molecule has 0 radical (unpaired) electrons. The Morgan fingerprint density at radius 1 is 1.42 bits per heavy atom. The lowest BCUT2D eigenvalue weighted by Crippen LogP contribution is -2.52. The van der Waals surface area contributed by atoms with Gasteiger partial charge in [-0.3, -0.25) is 4.79 Å². The van der Waals surface area contributed by atoms with Gasteiger partial charge in [0.05, 0.1) is 5.56 Å². The van der Waals surface area contributed by atoms with Crippen LogP contribution in [0.1, 0.15) is 48.6 Å². The third-order valence-electron chi connectivity index (χ3n) is 3.99. The van der Waals surface area contributed by atoms with E-state index in [-0.39, 0.29) is 11.9 Å². The van der Waals surface area contributed by atoms with E-state index >= 15 is 0 Å². The van der Waals surface area contributed by atoms with E-state index in [9.17, 15) is 4.79 Å². The van der Waals surface area contributed by atoms with E-state index in [1.165, 1.54) is 5.69 Å². The molecule has 19 heavy (non-hydrogen) atoms. The summed E-state index contributed by atoms with van der Waals surface area (Å²) < 4.78 is 2.24. The van der Waals surface area contributed by atoms with Gasteiger partial charge in [-0.25, -0.2) is 0 Å². The summed E-state index contributed by atoms with van der Waals surface area (Å²) in [5.41, 5.74) is 3.11. The molecule has 1 fully saturated rings. The van der Waals surface area contributed by atoms with Crippen molar-refractivity contribution in [2.24, 2.45) is 0 Å². The summed E-state index contributed by atoms with van der Waals surface area (Å²) in [7, 11) is 0. The average Bonchev–Trinajstić information content (AvgIpc) is 2.64. The first-order valence-electron chi connectivity index (χ1n) is 7.13. The first-order chi connectivity index (χ1) is 8.93. The van der Waals surface area contributed by atoms with Crippen molar-refractivity contribution in [1.29, 1.82) is 0 Å². The lowest BCUT2D eigenvalue weighted by molar-refractivity contribution is 0.0655. The molecule has 1 amide bonds. The van der Waals surface area contributed by atoms with Crippen LogP contribution in [0.3, 0.4) is 0 Å². The lowest BCUT2D eigenvalue weighted by atomic mass is 10.1. The number of aromatic nitrogens is 1. The fourth-order valence-electron chi connectivity index (χ4n) is 3.09. The van der Waals surface area contributed by atoms with Crippen LogP contribution in [-0.4, -0.2) is 41.1 Å². The monoisotopic (exact) mass is 263 g/mol. The number of hydrogen-bond donors (Lipinski definition) is 1. The van der Waals surface area contributed by atoms with Gasteiger partial charge in [-0.2, -0.15) is 0 Å². The van der Waals surface area contributed by atoms with Crippen molar-refractivity contribution in [2.45, 2.75) is 46.7 Å². The Morgan fingerprint density at radius 3 is 2.63 bits per heavy atom. The van der Waals surface area contributed by atoms with Gasteiger partial charge in [0, 0.05) is 43.1 Å². The highest BCUT2D eigenvalue weighted by atomic mass is 16.2. The topological polar surface area (TPSA) is 37.3 Å². The molecule has 0 spiro atoms. The molecule has 1 aromatic heterocycles. The largest absolute Gasteiger partial charge is 0.346 e. The maximum absolute atomic E-state index is 12.7.